The van der Waals surface area contributed by atoms with Gasteiger partial charge in [0.1, 0.15) is 17.2 Å². The normalized spacial score (nSPS) is 13.1. The number of ether oxygens (including phenoxy) is 2. The highest BCUT2D eigenvalue weighted by atomic mass is 16.5. The molecule has 6 nitrogen and oxygen atoms in total. The molecular formula is C24H21N3O3. The van der Waals surface area contributed by atoms with E-state index in [0.717, 1.165) is 28.9 Å². The van der Waals surface area contributed by atoms with E-state index in [4.69, 9.17) is 14.5 Å². The Balaban J connectivity index is 1.56. The van der Waals surface area contributed by atoms with Crippen molar-refractivity contribution in [2.24, 2.45) is 0 Å². The molecule has 0 unspecified atom stereocenters. The van der Waals surface area contributed by atoms with Crippen LogP contribution < -0.4 is 14.8 Å². The SMILES string of the molecule is Cc1cccn2c(NC(=O)c3ccc4c(c3)OCCCO4)c(-c3ccccc3)nc12. The Morgan fingerprint density at radius 2 is 1.80 bits per heavy atom. The smallest absolute Gasteiger partial charge is 0.256 e. The lowest BCUT2D eigenvalue weighted by molar-refractivity contribution is 0.102. The molecule has 0 aliphatic carbocycles. The minimum absolute atomic E-state index is 0.230. The van der Waals surface area contributed by atoms with Gasteiger partial charge in [-0.25, -0.2) is 4.98 Å². The molecule has 0 fully saturated rings. The number of fused-ring (bicyclic) bond motifs is 2. The number of carbonyl (C=O) groups is 1. The molecule has 2 aromatic carbocycles. The average Bonchev–Trinajstić information content (AvgIpc) is 2.98. The van der Waals surface area contributed by atoms with Crippen molar-refractivity contribution in [2.75, 3.05) is 18.5 Å². The Morgan fingerprint density at radius 3 is 2.63 bits per heavy atom. The Morgan fingerprint density at radius 1 is 1.00 bits per heavy atom. The van der Waals surface area contributed by atoms with Crippen LogP contribution in [0, 0.1) is 6.92 Å². The van der Waals surface area contributed by atoms with Crippen molar-refractivity contribution in [3.05, 3.63) is 78.0 Å². The maximum Gasteiger partial charge on any atom is 0.256 e. The summed E-state index contributed by atoms with van der Waals surface area (Å²) in [5, 5.41) is 3.06. The molecule has 2 aromatic heterocycles. The van der Waals surface area contributed by atoms with Crippen molar-refractivity contribution < 1.29 is 14.3 Å². The van der Waals surface area contributed by atoms with Crippen LogP contribution in [0.4, 0.5) is 5.82 Å². The number of hydrogen-bond acceptors (Lipinski definition) is 4. The molecule has 1 amide bonds. The van der Waals surface area contributed by atoms with Crippen LogP contribution in [0.1, 0.15) is 22.3 Å². The summed E-state index contributed by atoms with van der Waals surface area (Å²) in [6, 6.07) is 19.1. The van der Waals surface area contributed by atoms with Crippen LogP contribution in [0.2, 0.25) is 0 Å². The first kappa shape index (κ1) is 18.2. The van der Waals surface area contributed by atoms with Gasteiger partial charge in [0.25, 0.3) is 5.91 Å². The highest BCUT2D eigenvalue weighted by Gasteiger charge is 2.19. The minimum Gasteiger partial charge on any atom is -0.490 e. The number of nitrogens with zero attached hydrogens (tertiary/aromatic N) is 2. The summed E-state index contributed by atoms with van der Waals surface area (Å²) >= 11 is 0. The summed E-state index contributed by atoms with van der Waals surface area (Å²) in [5.41, 5.74) is 4.01. The number of carbonyl (C=O) groups excluding carboxylic acids is 1. The molecule has 3 heterocycles. The molecule has 0 radical (unpaired) electrons. The number of aryl methyl sites for hydroxylation is 1. The van der Waals surface area contributed by atoms with Gasteiger partial charge in [-0.1, -0.05) is 36.4 Å². The van der Waals surface area contributed by atoms with Crippen molar-refractivity contribution >= 4 is 17.4 Å². The van der Waals surface area contributed by atoms with Crippen molar-refractivity contribution in [3.63, 3.8) is 0 Å². The molecule has 0 atom stereocenters. The molecule has 30 heavy (non-hydrogen) atoms. The molecule has 0 bridgehead atoms. The van der Waals surface area contributed by atoms with Crippen LogP contribution in [0.25, 0.3) is 16.9 Å². The first-order valence-electron chi connectivity index (χ1n) is 9.95. The number of amides is 1. The minimum atomic E-state index is -0.230. The number of anilines is 1. The number of hydrogen-bond donors (Lipinski definition) is 1. The van der Waals surface area contributed by atoms with Gasteiger partial charge in [-0.2, -0.15) is 0 Å². The van der Waals surface area contributed by atoms with E-state index in [0.29, 0.717) is 36.1 Å². The average molecular weight is 399 g/mol. The fourth-order valence-corrected chi connectivity index (χ4v) is 3.60. The van der Waals surface area contributed by atoms with Crippen LogP contribution in [-0.2, 0) is 0 Å². The molecule has 0 saturated carbocycles. The zero-order chi connectivity index (χ0) is 20.5. The summed E-state index contributed by atoms with van der Waals surface area (Å²) in [6.45, 7) is 3.19. The summed E-state index contributed by atoms with van der Waals surface area (Å²) < 4.78 is 13.3. The van der Waals surface area contributed by atoms with Gasteiger partial charge in [-0.05, 0) is 36.8 Å². The topological polar surface area (TPSA) is 64.9 Å². The van der Waals surface area contributed by atoms with Gasteiger partial charge in [0.05, 0.1) is 13.2 Å². The number of rotatable bonds is 3. The number of pyridine rings is 1. The number of benzene rings is 2. The summed E-state index contributed by atoms with van der Waals surface area (Å²) in [5.74, 6) is 1.67. The lowest BCUT2D eigenvalue weighted by atomic mass is 10.1. The Bertz CT molecular complexity index is 1230. The maximum atomic E-state index is 13.1. The van der Waals surface area contributed by atoms with Crippen molar-refractivity contribution in [1.29, 1.82) is 0 Å². The predicted octanol–water partition coefficient (Wildman–Crippen LogP) is 4.72. The first-order valence-corrected chi connectivity index (χ1v) is 9.95. The second kappa shape index (κ2) is 7.55. The van der Waals surface area contributed by atoms with E-state index in [1.807, 2.05) is 60.0 Å². The van der Waals surface area contributed by atoms with Crippen molar-refractivity contribution in [1.82, 2.24) is 9.38 Å². The van der Waals surface area contributed by atoms with E-state index in [2.05, 4.69) is 5.32 Å². The van der Waals surface area contributed by atoms with E-state index >= 15 is 0 Å². The lowest BCUT2D eigenvalue weighted by Crippen LogP contribution is -2.14. The molecule has 0 spiro atoms. The number of imidazole rings is 1. The van der Waals surface area contributed by atoms with E-state index in [1.165, 1.54) is 0 Å². The maximum absolute atomic E-state index is 13.1. The van der Waals surface area contributed by atoms with E-state index in [-0.39, 0.29) is 5.91 Å². The number of aromatic nitrogens is 2. The van der Waals surface area contributed by atoms with Crippen LogP contribution in [0.5, 0.6) is 11.5 Å². The van der Waals surface area contributed by atoms with Gasteiger partial charge in [-0.15, -0.1) is 0 Å². The highest BCUT2D eigenvalue weighted by molar-refractivity contribution is 6.06. The van der Waals surface area contributed by atoms with Crippen LogP contribution in [0.3, 0.4) is 0 Å². The van der Waals surface area contributed by atoms with E-state index < -0.39 is 0 Å². The number of nitrogens with one attached hydrogen (secondary N) is 1. The Labute approximate surface area is 174 Å². The zero-order valence-corrected chi connectivity index (χ0v) is 16.6. The molecule has 5 rings (SSSR count). The molecule has 0 saturated heterocycles. The summed E-state index contributed by atoms with van der Waals surface area (Å²) in [7, 11) is 0. The Kier molecular flexibility index (Phi) is 4.59. The third kappa shape index (κ3) is 3.26. The van der Waals surface area contributed by atoms with Crippen molar-refractivity contribution in [2.45, 2.75) is 13.3 Å². The lowest BCUT2D eigenvalue weighted by Gasteiger charge is -2.11. The zero-order valence-electron chi connectivity index (χ0n) is 16.6. The molecule has 1 aliphatic heterocycles. The fourth-order valence-electron chi connectivity index (χ4n) is 3.60. The van der Waals surface area contributed by atoms with Gasteiger partial charge in [0.15, 0.2) is 11.5 Å². The van der Waals surface area contributed by atoms with Gasteiger partial charge in [0, 0.05) is 23.7 Å². The molecule has 6 heteroatoms. The third-order valence-electron chi connectivity index (χ3n) is 5.13. The molecule has 1 aliphatic rings. The molecule has 1 N–H and O–H groups in total. The van der Waals surface area contributed by atoms with Crippen molar-refractivity contribution in [3.8, 4) is 22.8 Å². The Hall–Kier alpha value is -3.80. The van der Waals surface area contributed by atoms with Gasteiger partial charge in [0.2, 0.25) is 0 Å². The standard InChI is InChI=1S/C24H21N3O3/c1-16-7-5-12-27-22(16)25-21(17-8-3-2-4-9-17)23(27)26-24(28)18-10-11-19-20(15-18)30-14-6-13-29-19/h2-5,7-12,15H,6,13-14H2,1H3,(H,26,28). The second-order valence-corrected chi connectivity index (χ2v) is 7.23. The van der Waals surface area contributed by atoms with E-state index in [1.54, 1.807) is 18.2 Å². The first-order chi connectivity index (χ1) is 14.7. The largest absolute Gasteiger partial charge is 0.490 e. The monoisotopic (exact) mass is 399 g/mol. The summed E-state index contributed by atoms with van der Waals surface area (Å²) in [6.07, 6.45) is 2.73. The third-order valence-corrected chi connectivity index (χ3v) is 5.13. The van der Waals surface area contributed by atoms with Crippen LogP contribution in [0.15, 0.2) is 66.9 Å². The fraction of sp³-hybridized carbons (Fsp3) is 0.167. The van der Waals surface area contributed by atoms with Crippen LogP contribution >= 0.6 is 0 Å². The van der Waals surface area contributed by atoms with Gasteiger partial charge in [-0.3, -0.25) is 9.20 Å². The van der Waals surface area contributed by atoms with Crippen LogP contribution in [-0.4, -0.2) is 28.5 Å². The summed E-state index contributed by atoms with van der Waals surface area (Å²) in [4.78, 5) is 18.0. The quantitative estimate of drug-likeness (QED) is 0.541. The van der Waals surface area contributed by atoms with Gasteiger partial charge >= 0.3 is 0 Å². The molecule has 4 aromatic rings. The highest BCUT2D eigenvalue weighted by Crippen LogP contribution is 2.32. The van der Waals surface area contributed by atoms with Gasteiger partial charge < -0.3 is 14.8 Å². The predicted molar refractivity (Wildman–Crippen MR) is 115 cm³/mol. The van der Waals surface area contributed by atoms with E-state index in [9.17, 15) is 4.79 Å². The second-order valence-electron chi connectivity index (χ2n) is 7.23. The molecular weight excluding hydrogens is 378 g/mol. The molecule has 150 valence electrons.